The van der Waals surface area contributed by atoms with Gasteiger partial charge in [-0.2, -0.15) is 0 Å². The largest absolute Gasteiger partial charge is 0.475 e. The lowest BCUT2D eigenvalue weighted by Crippen LogP contribution is -2.17. The highest BCUT2D eigenvalue weighted by Gasteiger charge is 2.29. The SMILES string of the molecule is COP(=O)(OCc1ccccc1)OC(CCOSc1ccc(N)cc1)CCOSc1ccc(N)cc1. The molecule has 0 saturated heterocycles. The van der Waals surface area contributed by atoms with Crippen molar-refractivity contribution in [3.63, 3.8) is 0 Å². The molecule has 0 radical (unpaired) electrons. The molecule has 3 aromatic carbocycles. The molecule has 0 fully saturated rings. The van der Waals surface area contributed by atoms with E-state index in [2.05, 4.69) is 0 Å². The van der Waals surface area contributed by atoms with Gasteiger partial charge in [-0.3, -0.25) is 13.6 Å². The zero-order valence-corrected chi connectivity index (χ0v) is 22.5. The quantitative estimate of drug-likeness (QED) is 0.0860. The Balaban J connectivity index is 1.52. The first kappa shape index (κ1) is 28.6. The molecule has 3 aromatic rings. The molecule has 1 unspecified atom stereocenters. The highest BCUT2D eigenvalue weighted by Crippen LogP contribution is 2.51. The minimum atomic E-state index is -3.80. The van der Waals surface area contributed by atoms with E-state index in [0.717, 1.165) is 15.4 Å². The normalized spacial score (nSPS) is 13.1. The van der Waals surface area contributed by atoms with Crippen LogP contribution in [-0.2, 0) is 33.1 Å². The maximum Gasteiger partial charge on any atom is 0.475 e. The number of rotatable bonds is 16. The number of hydrogen-bond donors (Lipinski definition) is 2. The molecule has 0 aliphatic rings. The second kappa shape index (κ2) is 15.3. The number of anilines is 2. The van der Waals surface area contributed by atoms with Gasteiger partial charge in [-0.05, 0) is 66.9 Å². The van der Waals surface area contributed by atoms with Crippen LogP contribution in [0.2, 0.25) is 0 Å². The Hall–Kier alpha value is -2.01. The highest BCUT2D eigenvalue weighted by molar-refractivity contribution is 7.94. The standard InChI is InChI=1S/C25H31N2O6PS2/c1-29-34(28,30-19-20-5-3-2-4-6-20)33-23(15-17-31-35-24-11-7-21(26)8-12-24)16-18-32-36-25-13-9-22(27)10-14-25/h2-14,23H,15-19,26-27H2,1H3. The summed E-state index contributed by atoms with van der Waals surface area (Å²) in [5.74, 6) is 0. The van der Waals surface area contributed by atoms with Crippen LogP contribution in [0.25, 0.3) is 0 Å². The van der Waals surface area contributed by atoms with Crippen LogP contribution >= 0.6 is 31.9 Å². The van der Waals surface area contributed by atoms with Crippen molar-refractivity contribution in [3.05, 3.63) is 84.4 Å². The van der Waals surface area contributed by atoms with Crippen molar-refractivity contribution in [1.29, 1.82) is 0 Å². The van der Waals surface area contributed by atoms with Crippen LogP contribution in [0.15, 0.2) is 88.7 Å². The van der Waals surface area contributed by atoms with Gasteiger partial charge in [0.2, 0.25) is 0 Å². The van der Waals surface area contributed by atoms with Crippen molar-refractivity contribution in [2.24, 2.45) is 0 Å². The van der Waals surface area contributed by atoms with Crippen LogP contribution in [0, 0.1) is 0 Å². The van der Waals surface area contributed by atoms with Crippen LogP contribution in [0.5, 0.6) is 0 Å². The van der Waals surface area contributed by atoms with Crippen LogP contribution in [0.4, 0.5) is 11.4 Å². The van der Waals surface area contributed by atoms with E-state index < -0.39 is 13.9 Å². The molecule has 3 rings (SSSR count). The van der Waals surface area contributed by atoms with Crippen molar-refractivity contribution in [1.82, 2.24) is 0 Å². The van der Waals surface area contributed by atoms with Crippen molar-refractivity contribution in [2.75, 3.05) is 31.8 Å². The lowest BCUT2D eigenvalue weighted by molar-refractivity contribution is 0.0666. The topological polar surface area (TPSA) is 115 Å². The molecular weight excluding hydrogens is 519 g/mol. The van der Waals surface area contributed by atoms with E-state index in [1.165, 1.54) is 31.2 Å². The third-order valence-corrected chi connectivity index (χ3v) is 7.80. The van der Waals surface area contributed by atoms with Gasteiger partial charge in [0.05, 0.1) is 25.9 Å². The summed E-state index contributed by atoms with van der Waals surface area (Å²) in [5, 5.41) is 0. The number of nitrogen functional groups attached to an aromatic ring is 2. The number of hydrogen-bond acceptors (Lipinski definition) is 10. The van der Waals surface area contributed by atoms with Crippen molar-refractivity contribution in [3.8, 4) is 0 Å². The summed E-state index contributed by atoms with van der Waals surface area (Å²) in [6.07, 6.45) is 0.436. The van der Waals surface area contributed by atoms with Gasteiger partial charge in [0.1, 0.15) is 0 Å². The molecule has 4 N–H and O–H groups in total. The summed E-state index contributed by atoms with van der Waals surface area (Å²) in [4.78, 5) is 1.86. The van der Waals surface area contributed by atoms with Gasteiger partial charge in [-0.25, -0.2) is 4.57 Å². The lowest BCUT2D eigenvalue weighted by Gasteiger charge is -2.23. The smallest absolute Gasteiger partial charge is 0.399 e. The summed E-state index contributed by atoms with van der Waals surface area (Å²) >= 11 is 2.48. The molecule has 0 aliphatic heterocycles. The van der Waals surface area contributed by atoms with Crippen molar-refractivity contribution >= 4 is 43.3 Å². The Morgan fingerprint density at radius 3 is 1.75 bits per heavy atom. The fourth-order valence-electron chi connectivity index (χ4n) is 2.91. The molecule has 8 nitrogen and oxygen atoms in total. The van der Waals surface area contributed by atoms with Crippen LogP contribution < -0.4 is 11.5 Å². The van der Waals surface area contributed by atoms with Gasteiger partial charge in [-0.1, -0.05) is 30.3 Å². The third-order valence-electron chi connectivity index (χ3n) is 4.85. The molecule has 194 valence electrons. The van der Waals surface area contributed by atoms with E-state index in [1.54, 1.807) is 0 Å². The molecule has 11 heteroatoms. The minimum absolute atomic E-state index is 0.103. The first-order chi connectivity index (χ1) is 17.5. The van der Waals surface area contributed by atoms with E-state index >= 15 is 0 Å². The Morgan fingerprint density at radius 1 is 0.778 bits per heavy atom. The fraction of sp³-hybridized carbons (Fsp3) is 0.280. The van der Waals surface area contributed by atoms with E-state index in [-0.39, 0.29) is 6.61 Å². The molecule has 0 spiro atoms. The zero-order valence-electron chi connectivity index (χ0n) is 20.0. The molecule has 1 atom stereocenters. The second-order valence-electron chi connectivity index (χ2n) is 7.64. The van der Waals surface area contributed by atoms with E-state index in [4.69, 9.17) is 33.4 Å². The summed E-state index contributed by atoms with van der Waals surface area (Å²) in [7, 11) is -2.49. The maximum absolute atomic E-state index is 13.2. The van der Waals surface area contributed by atoms with Gasteiger partial charge < -0.3 is 19.8 Å². The third kappa shape index (κ3) is 10.5. The van der Waals surface area contributed by atoms with E-state index in [0.29, 0.717) is 37.4 Å². The molecule has 0 heterocycles. The summed E-state index contributed by atoms with van der Waals surface area (Å²) in [6.45, 7) is 0.812. The number of phosphoric ester groups is 1. The second-order valence-corrected chi connectivity index (χ2v) is 11.1. The van der Waals surface area contributed by atoms with Gasteiger partial charge >= 0.3 is 7.82 Å². The lowest BCUT2D eigenvalue weighted by atomic mass is 10.2. The predicted molar refractivity (Wildman–Crippen MR) is 145 cm³/mol. The maximum atomic E-state index is 13.2. The Labute approximate surface area is 221 Å². The first-order valence-electron chi connectivity index (χ1n) is 11.3. The molecule has 0 amide bonds. The van der Waals surface area contributed by atoms with Gasteiger partial charge in [0, 0.05) is 52.4 Å². The van der Waals surface area contributed by atoms with Crippen molar-refractivity contribution < 1.29 is 26.5 Å². The summed E-state index contributed by atoms with van der Waals surface area (Å²) < 4.78 is 41.2. The average molecular weight is 551 g/mol. The van der Waals surface area contributed by atoms with E-state index in [9.17, 15) is 4.57 Å². The van der Waals surface area contributed by atoms with Gasteiger partial charge in [0.25, 0.3) is 0 Å². The minimum Gasteiger partial charge on any atom is -0.399 e. The van der Waals surface area contributed by atoms with E-state index in [1.807, 2.05) is 78.9 Å². The van der Waals surface area contributed by atoms with Crippen LogP contribution in [-0.4, -0.2) is 26.4 Å². The molecular formula is C25H31N2O6PS2. The summed E-state index contributed by atoms with van der Waals surface area (Å²) in [6, 6.07) is 24.2. The van der Waals surface area contributed by atoms with Gasteiger partial charge in [-0.15, -0.1) is 0 Å². The average Bonchev–Trinajstić information content (AvgIpc) is 2.90. The predicted octanol–water partition coefficient (Wildman–Crippen LogP) is 6.74. The van der Waals surface area contributed by atoms with Crippen LogP contribution in [0.3, 0.4) is 0 Å². The highest BCUT2D eigenvalue weighted by atomic mass is 32.2. The summed E-state index contributed by atoms with van der Waals surface area (Å²) in [5.41, 5.74) is 13.7. The zero-order chi connectivity index (χ0) is 25.6. The first-order valence-corrected chi connectivity index (χ1v) is 14.2. The monoisotopic (exact) mass is 550 g/mol. The molecule has 0 bridgehead atoms. The number of nitrogens with two attached hydrogens (primary N) is 2. The van der Waals surface area contributed by atoms with Crippen molar-refractivity contribution in [2.45, 2.75) is 35.3 Å². The molecule has 0 aromatic heterocycles. The molecule has 0 aliphatic carbocycles. The fourth-order valence-corrected chi connectivity index (χ4v) is 5.17. The molecule has 0 saturated carbocycles. The number of phosphoric acid groups is 1. The Kier molecular flexibility index (Phi) is 12.1. The molecule has 36 heavy (non-hydrogen) atoms. The Bertz CT molecular complexity index is 1020. The van der Waals surface area contributed by atoms with Gasteiger partial charge in [0.15, 0.2) is 0 Å². The van der Waals surface area contributed by atoms with Crippen LogP contribution in [0.1, 0.15) is 18.4 Å². The number of benzene rings is 3. The Morgan fingerprint density at radius 2 is 1.28 bits per heavy atom.